The number of rotatable bonds is 3. The quantitative estimate of drug-likeness (QED) is 0.917. The molecular formula is C16H16BrNO. The normalized spacial score (nSPS) is 16.8. The van der Waals surface area contributed by atoms with Gasteiger partial charge in [0.2, 0.25) is 0 Å². The van der Waals surface area contributed by atoms with Crippen LogP contribution in [-0.4, -0.2) is 12.6 Å². The molecule has 0 radical (unpaired) electrons. The van der Waals surface area contributed by atoms with Gasteiger partial charge in [0.05, 0.1) is 6.54 Å². The van der Waals surface area contributed by atoms with E-state index in [1.807, 2.05) is 12.1 Å². The van der Waals surface area contributed by atoms with Crippen molar-refractivity contribution in [1.29, 1.82) is 0 Å². The summed E-state index contributed by atoms with van der Waals surface area (Å²) in [5.74, 6) is 1.03. The zero-order valence-electron chi connectivity index (χ0n) is 10.8. The molecule has 1 heterocycles. The molecular weight excluding hydrogens is 302 g/mol. The predicted octanol–water partition coefficient (Wildman–Crippen LogP) is 4.17. The maximum Gasteiger partial charge on any atom is 0.123 e. The molecule has 0 spiro atoms. The van der Waals surface area contributed by atoms with Crippen LogP contribution in [0.3, 0.4) is 0 Å². The Kier molecular flexibility index (Phi) is 3.47. The predicted molar refractivity (Wildman–Crippen MR) is 81.9 cm³/mol. The van der Waals surface area contributed by atoms with Crippen molar-refractivity contribution in [2.45, 2.75) is 19.4 Å². The van der Waals surface area contributed by atoms with Gasteiger partial charge in [-0.05, 0) is 52.2 Å². The van der Waals surface area contributed by atoms with Gasteiger partial charge in [-0.3, -0.25) is 0 Å². The molecule has 2 nitrogen and oxygen atoms in total. The van der Waals surface area contributed by atoms with Gasteiger partial charge in [-0.15, -0.1) is 0 Å². The lowest BCUT2D eigenvalue weighted by atomic mass is 10.1. The second kappa shape index (κ2) is 5.25. The van der Waals surface area contributed by atoms with Gasteiger partial charge in [-0.2, -0.15) is 0 Å². The van der Waals surface area contributed by atoms with E-state index in [9.17, 15) is 0 Å². The fraction of sp³-hybridized carbons (Fsp3) is 0.250. The summed E-state index contributed by atoms with van der Waals surface area (Å²) in [6, 6.07) is 14.6. The number of benzene rings is 2. The molecule has 1 atom stereocenters. The van der Waals surface area contributed by atoms with E-state index >= 15 is 0 Å². The lowest BCUT2D eigenvalue weighted by Crippen LogP contribution is -2.24. The molecule has 0 saturated carbocycles. The first-order valence-electron chi connectivity index (χ1n) is 6.47. The third-order valence-corrected chi connectivity index (χ3v) is 4.05. The average molecular weight is 318 g/mol. The number of nitrogens with one attached hydrogen (secondary N) is 1. The summed E-state index contributed by atoms with van der Waals surface area (Å²) < 4.78 is 7.01. The lowest BCUT2D eigenvalue weighted by molar-refractivity contribution is 0.246. The first-order chi connectivity index (χ1) is 9.22. The topological polar surface area (TPSA) is 21.3 Å². The van der Waals surface area contributed by atoms with Crippen LogP contribution in [0, 0.1) is 6.92 Å². The van der Waals surface area contributed by atoms with Gasteiger partial charge >= 0.3 is 0 Å². The van der Waals surface area contributed by atoms with Crippen molar-refractivity contribution in [3.63, 3.8) is 0 Å². The van der Waals surface area contributed by atoms with Gasteiger partial charge in [-0.1, -0.05) is 24.3 Å². The first-order valence-corrected chi connectivity index (χ1v) is 7.26. The smallest absolute Gasteiger partial charge is 0.123 e. The SMILES string of the molecule is Cc1ccc(Br)c(NCC2Cc3ccccc3O2)c1. The van der Waals surface area contributed by atoms with Gasteiger partial charge in [0.15, 0.2) is 0 Å². The van der Waals surface area contributed by atoms with E-state index in [0.29, 0.717) is 0 Å². The van der Waals surface area contributed by atoms with Crippen LogP contribution in [0.5, 0.6) is 5.75 Å². The molecule has 0 fully saturated rings. The highest BCUT2D eigenvalue weighted by Crippen LogP contribution is 2.29. The van der Waals surface area contributed by atoms with Crippen molar-refractivity contribution < 1.29 is 4.74 Å². The lowest BCUT2D eigenvalue weighted by Gasteiger charge is -2.14. The molecule has 0 bridgehead atoms. The summed E-state index contributed by atoms with van der Waals surface area (Å²) in [4.78, 5) is 0. The highest BCUT2D eigenvalue weighted by atomic mass is 79.9. The van der Waals surface area contributed by atoms with E-state index in [0.717, 1.165) is 28.9 Å². The minimum atomic E-state index is 0.213. The van der Waals surface area contributed by atoms with Crippen LogP contribution in [0.2, 0.25) is 0 Å². The molecule has 3 rings (SSSR count). The Morgan fingerprint density at radius 1 is 1.26 bits per heavy atom. The van der Waals surface area contributed by atoms with Gasteiger partial charge in [0.25, 0.3) is 0 Å². The van der Waals surface area contributed by atoms with Crippen LogP contribution in [0.15, 0.2) is 46.9 Å². The maximum atomic E-state index is 5.92. The Balaban J connectivity index is 1.64. The largest absolute Gasteiger partial charge is 0.488 e. The van der Waals surface area contributed by atoms with Crippen molar-refractivity contribution >= 4 is 21.6 Å². The Morgan fingerprint density at radius 2 is 2.11 bits per heavy atom. The van der Waals surface area contributed by atoms with E-state index in [1.165, 1.54) is 11.1 Å². The van der Waals surface area contributed by atoms with Gasteiger partial charge in [-0.25, -0.2) is 0 Å². The second-order valence-electron chi connectivity index (χ2n) is 4.92. The summed E-state index contributed by atoms with van der Waals surface area (Å²) in [6.45, 7) is 2.91. The Hall–Kier alpha value is -1.48. The third-order valence-electron chi connectivity index (χ3n) is 3.36. The van der Waals surface area contributed by atoms with Crippen LogP contribution in [0.25, 0.3) is 0 Å². The molecule has 1 unspecified atom stereocenters. The molecule has 0 aromatic heterocycles. The molecule has 1 aliphatic rings. The van der Waals surface area contributed by atoms with Crippen LogP contribution in [0.4, 0.5) is 5.69 Å². The highest BCUT2D eigenvalue weighted by molar-refractivity contribution is 9.10. The first kappa shape index (κ1) is 12.5. The average Bonchev–Trinajstić information content (AvgIpc) is 2.82. The van der Waals surface area contributed by atoms with Crippen LogP contribution in [0.1, 0.15) is 11.1 Å². The number of fused-ring (bicyclic) bond motifs is 1. The molecule has 98 valence electrons. The van der Waals surface area contributed by atoms with E-state index in [4.69, 9.17) is 4.74 Å². The Morgan fingerprint density at radius 3 is 2.95 bits per heavy atom. The fourth-order valence-electron chi connectivity index (χ4n) is 2.37. The number of hydrogen-bond acceptors (Lipinski definition) is 2. The number of anilines is 1. The Bertz CT molecular complexity index is 572. The molecule has 2 aromatic carbocycles. The standard InChI is InChI=1S/C16H16BrNO/c1-11-6-7-14(17)15(8-11)18-10-13-9-12-4-2-3-5-16(12)19-13/h2-8,13,18H,9-10H2,1H3. The minimum absolute atomic E-state index is 0.213. The van der Waals surface area contributed by atoms with E-state index < -0.39 is 0 Å². The minimum Gasteiger partial charge on any atom is -0.488 e. The van der Waals surface area contributed by atoms with Crippen molar-refractivity contribution in [1.82, 2.24) is 0 Å². The molecule has 0 saturated heterocycles. The Labute approximate surface area is 121 Å². The molecule has 0 aliphatic carbocycles. The summed E-state index contributed by atoms with van der Waals surface area (Å²) >= 11 is 3.57. The number of hydrogen-bond donors (Lipinski definition) is 1. The number of ether oxygens (including phenoxy) is 1. The van der Waals surface area contributed by atoms with Crippen molar-refractivity contribution in [2.75, 3.05) is 11.9 Å². The number of aryl methyl sites for hydroxylation is 1. The summed E-state index contributed by atoms with van der Waals surface area (Å²) in [6.07, 6.45) is 1.19. The van der Waals surface area contributed by atoms with E-state index in [2.05, 4.69) is 58.5 Å². The fourth-order valence-corrected chi connectivity index (χ4v) is 2.75. The van der Waals surface area contributed by atoms with E-state index in [1.54, 1.807) is 0 Å². The number of para-hydroxylation sites is 1. The van der Waals surface area contributed by atoms with Gasteiger partial charge in [0, 0.05) is 16.6 Å². The van der Waals surface area contributed by atoms with Crippen LogP contribution < -0.4 is 10.1 Å². The molecule has 2 aromatic rings. The maximum absolute atomic E-state index is 5.92. The van der Waals surface area contributed by atoms with Gasteiger partial charge < -0.3 is 10.1 Å². The van der Waals surface area contributed by atoms with Crippen molar-refractivity contribution in [2.24, 2.45) is 0 Å². The van der Waals surface area contributed by atoms with Gasteiger partial charge in [0.1, 0.15) is 11.9 Å². The molecule has 1 N–H and O–H groups in total. The second-order valence-corrected chi connectivity index (χ2v) is 5.77. The monoisotopic (exact) mass is 317 g/mol. The van der Waals surface area contributed by atoms with Crippen LogP contribution >= 0.6 is 15.9 Å². The van der Waals surface area contributed by atoms with E-state index in [-0.39, 0.29) is 6.10 Å². The third kappa shape index (κ3) is 2.76. The highest BCUT2D eigenvalue weighted by Gasteiger charge is 2.21. The van der Waals surface area contributed by atoms with Crippen molar-refractivity contribution in [3.05, 3.63) is 58.1 Å². The molecule has 19 heavy (non-hydrogen) atoms. The molecule has 0 amide bonds. The zero-order valence-corrected chi connectivity index (χ0v) is 12.4. The van der Waals surface area contributed by atoms with Crippen molar-refractivity contribution in [3.8, 4) is 5.75 Å². The van der Waals surface area contributed by atoms with Crippen LogP contribution in [-0.2, 0) is 6.42 Å². The summed E-state index contributed by atoms with van der Waals surface area (Å²) in [5, 5.41) is 3.46. The molecule has 1 aliphatic heterocycles. The molecule has 3 heteroatoms. The number of halogens is 1. The summed E-state index contributed by atoms with van der Waals surface area (Å²) in [7, 11) is 0. The summed E-state index contributed by atoms with van der Waals surface area (Å²) in [5.41, 5.74) is 3.68. The zero-order chi connectivity index (χ0) is 13.2.